The van der Waals surface area contributed by atoms with Crippen molar-refractivity contribution in [2.75, 3.05) is 0 Å². The highest BCUT2D eigenvalue weighted by Crippen LogP contribution is 2.16. The maximum absolute atomic E-state index is 12.5. The van der Waals surface area contributed by atoms with Gasteiger partial charge in [0, 0.05) is 11.1 Å². The summed E-state index contributed by atoms with van der Waals surface area (Å²) in [6.45, 7) is 2.17. The fourth-order valence-corrected chi connectivity index (χ4v) is 2.43. The van der Waals surface area contributed by atoms with Crippen molar-refractivity contribution in [3.05, 3.63) is 70.8 Å². The molecule has 0 aliphatic heterocycles. The molecule has 2 aromatic rings. The largest absolute Gasteiger partial charge is 0.478 e. The monoisotopic (exact) mass is 296 g/mol. The summed E-state index contributed by atoms with van der Waals surface area (Å²) in [5.74, 6) is -1.33. The van der Waals surface area contributed by atoms with Crippen molar-refractivity contribution in [2.45, 2.75) is 32.6 Å². The van der Waals surface area contributed by atoms with Gasteiger partial charge in [0.15, 0.2) is 5.78 Å². The molecule has 0 unspecified atom stereocenters. The van der Waals surface area contributed by atoms with Crippen LogP contribution in [0.15, 0.2) is 48.5 Å². The first-order chi connectivity index (χ1) is 10.6. The summed E-state index contributed by atoms with van der Waals surface area (Å²) in [6, 6.07) is 13.8. The molecule has 0 heterocycles. The van der Waals surface area contributed by atoms with Crippen molar-refractivity contribution in [2.24, 2.45) is 0 Å². The number of carboxylic acid groups (broad SMARTS) is 1. The molecule has 0 radical (unpaired) electrons. The van der Waals surface area contributed by atoms with Crippen molar-refractivity contribution in [1.29, 1.82) is 0 Å². The average Bonchev–Trinajstić information content (AvgIpc) is 2.55. The van der Waals surface area contributed by atoms with Crippen molar-refractivity contribution < 1.29 is 14.7 Å². The van der Waals surface area contributed by atoms with Crippen molar-refractivity contribution >= 4 is 11.8 Å². The third kappa shape index (κ3) is 3.82. The van der Waals surface area contributed by atoms with Crippen LogP contribution in [0.25, 0.3) is 0 Å². The maximum atomic E-state index is 12.5. The predicted octanol–water partition coefficient (Wildman–Crippen LogP) is 4.35. The molecule has 0 aromatic heterocycles. The zero-order chi connectivity index (χ0) is 15.9. The highest BCUT2D eigenvalue weighted by molar-refractivity contribution is 6.14. The Hall–Kier alpha value is -2.42. The minimum absolute atomic E-state index is 0.0412. The number of carbonyl (C=O) groups excluding carboxylic acids is 1. The van der Waals surface area contributed by atoms with Crippen LogP contribution >= 0.6 is 0 Å². The third-order valence-corrected chi connectivity index (χ3v) is 3.69. The molecule has 0 aliphatic carbocycles. The van der Waals surface area contributed by atoms with Crippen LogP contribution in [0, 0.1) is 0 Å². The molecule has 1 N–H and O–H groups in total. The Labute approximate surface area is 130 Å². The number of carbonyl (C=O) groups is 2. The molecular weight excluding hydrogens is 276 g/mol. The van der Waals surface area contributed by atoms with E-state index in [1.165, 1.54) is 24.5 Å². The van der Waals surface area contributed by atoms with E-state index in [0.717, 1.165) is 12.8 Å². The molecule has 0 saturated carbocycles. The highest BCUT2D eigenvalue weighted by atomic mass is 16.4. The van der Waals surface area contributed by atoms with E-state index in [9.17, 15) is 14.7 Å². The van der Waals surface area contributed by atoms with E-state index in [1.807, 2.05) is 12.1 Å². The zero-order valence-electron chi connectivity index (χ0n) is 12.7. The number of unbranched alkanes of at least 4 members (excludes halogenated alkanes) is 2. The molecule has 0 aliphatic rings. The van der Waals surface area contributed by atoms with Gasteiger partial charge in [-0.2, -0.15) is 0 Å². The van der Waals surface area contributed by atoms with Gasteiger partial charge in [-0.05, 0) is 24.5 Å². The molecule has 2 rings (SSSR count). The number of hydrogen-bond donors (Lipinski definition) is 1. The Morgan fingerprint density at radius 2 is 1.55 bits per heavy atom. The Morgan fingerprint density at radius 3 is 2.14 bits per heavy atom. The van der Waals surface area contributed by atoms with Crippen LogP contribution in [0.4, 0.5) is 0 Å². The second-order valence-electron chi connectivity index (χ2n) is 5.33. The zero-order valence-corrected chi connectivity index (χ0v) is 12.7. The van der Waals surface area contributed by atoms with Gasteiger partial charge in [0.1, 0.15) is 0 Å². The van der Waals surface area contributed by atoms with E-state index in [4.69, 9.17) is 0 Å². The van der Waals surface area contributed by atoms with Crippen LogP contribution in [-0.4, -0.2) is 16.9 Å². The number of rotatable bonds is 7. The second kappa shape index (κ2) is 7.55. The smallest absolute Gasteiger partial charge is 0.336 e. The van der Waals surface area contributed by atoms with Crippen molar-refractivity contribution in [3.63, 3.8) is 0 Å². The summed E-state index contributed by atoms with van der Waals surface area (Å²) >= 11 is 0. The van der Waals surface area contributed by atoms with E-state index in [1.54, 1.807) is 30.3 Å². The van der Waals surface area contributed by atoms with Crippen LogP contribution in [0.5, 0.6) is 0 Å². The molecule has 0 saturated heterocycles. The van der Waals surface area contributed by atoms with E-state index in [0.29, 0.717) is 5.56 Å². The summed E-state index contributed by atoms with van der Waals surface area (Å²) in [6.07, 6.45) is 4.54. The second-order valence-corrected chi connectivity index (χ2v) is 5.33. The number of ketones is 1. The van der Waals surface area contributed by atoms with Crippen LogP contribution in [0.1, 0.15) is 58.0 Å². The van der Waals surface area contributed by atoms with E-state index < -0.39 is 5.97 Å². The van der Waals surface area contributed by atoms with Gasteiger partial charge in [0.05, 0.1) is 5.56 Å². The van der Waals surface area contributed by atoms with Crippen molar-refractivity contribution in [1.82, 2.24) is 0 Å². The first kappa shape index (κ1) is 16.0. The van der Waals surface area contributed by atoms with Gasteiger partial charge in [0.2, 0.25) is 0 Å². The molecule has 114 valence electrons. The molecule has 0 spiro atoms. The molecule has 3 nitrogen and oxygen atoms in total. The minimum Gasteiger partial charge on any atom is -0.478 e. The van der Waals surface area contributed by atoms with E-state index >= 15 is 0 Å². The van der Waals surface area contributed by atoms with Crippen LogP contribution in [-0.2, 0) is 6.42 Å². The van der Waals surface area contributed by atoms with E-state index in [-0.39, 0.29) is 16.9 Å². The predicted molar refractivity (Wildman–Crippen MR) is 86.5 cm³/mol. The standard InChI is InChI=1S/C19H20O3/c1-2-3-4-7-14-10-12-15(13-11-14)18(20)16-8-5-6-9-17(16)19(21)22/h5-6,8-13H,2-4,7H2,1H3,(H,21,22). The lowest BCUT2D eigenvalue weighted by Crippen LogP contribution is -2.09. The molecule has 0 bridgehead atoms. The molecule has 0 fully saturated rings. The Kier molecular flexibility index (Phi) is 5.48. The summed E-state index contributed by atoms with van der Waals surface area (Å²) in [5, 5.41) is 9.17. The Morgan fingerprint density at radius 1 is 0.909 bits per heavy atom. The van der Waals surface area contributed by atoms with Gasteiger partial charge < -0.3 is 5.11 Å². The first-order valence-electron chi connectivity index (χ1n) is 7.59. The number of hydrogen-bond acceptors (Lipinski definition) is 2. The fourth-order valence-electron chi connectivity index (χ4n) is 2.43. The number of carboxylic acids is 1. The van der Waals surface area contributed by atoms with Crippen molar-refractivity contribution in [3.8, 4) is 0 Å². The molecule has 0 atom stereocenters. The van der Waals surface area contributed by atoms with Crippen LogP contribution in [0.3, 0.4) is 0 Å². The Bertz CT molecular complexity index is 657. The summed E-state index contributed by atoms with van der Waals surface area (Å²) in [7, 11) is 0. The summed E-state index contributed by atoms with van der Waals surface area (Å²) < 4.78 is 0. The van der Waals surface area contributed by atoms with Crippen LogP contribution in [0.2, 0.25) is 0 Å². The Balaban J connectivity index is 2.18. The SMILES string of the molecule is CCCCCc1ccc(C(=O)c2ccccc2C(=O)O)cc1. The highest BCUT2D eigenvalue weighted by Gasteiger charge is 2.17. The topological polar surface area (TPSA) is 54.4 Å². The molecule has 3 heteroatoms. The van der Waals surface area contributed by atoms with Gasteiger partial charge in [0.25, 0.3) is 0 Å². The normalized spacial score (nSPS) is 10.4. The van der Waals surface area contributed by atoms with Gasteiger partial charge in [-0.3, -0.25) is 4.79 Å². The third-order valence-electron chi connectivity index (χ3n) is 3.69. The quantitative estimate of drug-likeness (QED) is 0.610. The molecule has 0 amide bonds. The summed E-state index contributed by atoms with van der Waals surface area (Å²) in [4.78, 5) is 23.7. The van der Waals surface area contributed by atoms with Gasteiger partial charge >= 0.3 is 5.97 Å². The first-order valence-corrected chi connectivity index (χ1v) is 7.59. The number of aromatic carboxylic acids is 1. The van der Waals surface area contributed by atoms with Crippen LogP contribution < -0.4 is 0 Å². The lowest BCUT2D eigenvalue weighted by atomic mass is 9.97. The minimum atomic E-state index is -1.08. The fraction of sp³-hybridized carbons (Fsp3) is 0.263. The van der Waals surface area contributed by atoms with Gasteiger partial charge in [-0.25, -0.2) is 4.79 Å². The lowest BCUT2D eigenvalue weighted by molar-refractivity contribution is 0.0693. The summed E-state index contributed by atoms with van der Waals surface area (Å²) in [5.41, 5.74) is 2.00. The number of benzene rings is 2. The molecule has 2 aromatic carbocycles. The van der Waals surface area contributed by atoms with E-state index in [2.05, 4.69) is 6.92 Å². The van der Waals surface area contributed by atoms with Gasteiger partial charge in [-0.15, -0.1) is 0 Å². The number of aryl methyl sites for hydroxylation is 1. The lowest BCUT2D eigenvalue weighted by Gasteiger charge is -2.06. The maximum Gasteiger partial charge on any atom is 0.336 e. The molecular formula is C19H20O3. The molecule has 22 heavy (non-hydrogen) atoms. The van der Waals surface area contributed by atoms with Gasteiger partial charge in [-0.1, -0.05) is 62.2 Å². The average molecular weight is 296 g/mol.